The lowest BCUT2D eigenvalue weighted by Crippen LogP contribution is -2.44. The van der Waals surface area contributed by atoms with E-state index in [1.165, 1.54) is 0 Å². The molecule has 1 saturated heterocycles. The van der Waals surface area contributed by atoms with E-state index < -0.39 is 11.9 Å². The molecule has 1 heterocycles. The van der Waals surface area contributed by atoms with Crippen LogP contribution in [0.15, 0.2) is 18.2 Å². The number of hydrogen-bond donors (Lipinski definition) is 1. The molecule has 0 radical (unpaired) electrons. The van der Waals surface area contributed by atoms with Crippen LogP contribution >= 0.6 is 0 Å². The fraction of sp³-hybridized carbons (Fsp3) is 0.500. The maximum atomic E-state index is 11.4. The minimum atomic E-state index is -0.843. The molecule has 2 unspecified atom stereocenters. The molecule has 1 fully saturated rings. The molecule has 0 saturated carbocycles. The first kappa shape index (κ1) is 15.3. The van der Waals surface area contributed by atoms with Gasteiger partial charge in [0.2, 0.25) is 0 Å². The van der Waals surface area contributed by atoms with Gasteiger partial charge in [-0.25, -0.2) is 0 Å². The van der Waals surface area contributed by atoms with Gasteiger partial charge < -0.3 is 14.7 Å². The summed E-state index contributed by atoms with van der Waals surface area (Å²) in [4.78, 5) is 13.4. The third-order valence-electron chi connectivity index (χ3n) is 3.82. The van der Waals surface area contributed by atoms with Crippen LogP contribution < -0.4 is 4.90 Å². The number of hydrogen-bond acceptors (Lipinski definition) is 4. The number of aliphatic carboxylic acids is 1. The van der Waals surface area contributed by atoms with Crippen LogP contribution in [0.5, 0.6) is 0 Å². The van der Waals surface area contributed by atoms with Crippen LogP contribution in [0.3, 0.4) is 0 Å². The Morgan fingerprint density at radius 3 is 2.90 bits per heavy atom. The predicted molar refractivity (Wildman–Crippen MR) is 79.3 cm³/mol. The number of aryl methyl sites for hydroxylation is 1. The molecule has 112 valence electrons. The van der Waals surface area contributed by atoms with Crippen LogP contribution in [0.25, 0.3) is 0 Å². The number of benzene rings is 1. The summed E-state index contributed by atoms with van der Waals surface area (Å²) in [5.74, 6) is -1.40. The Hall–Kier alpha value is -2.06. The first-order valence-electron chi connectivity index (χ1n) is 7.16. The monoisotopic (exact) mass is 288 g/mol. The van der Waals surface area contributed by atoms with E-state index in [0.717, 1.165) is 17.7 Å². The molecular weight excluding hydrogens is 268 g/mol. The smallest absolute Gasteiger partial charge is 0.311 e. The molecule has 2 atom stereocenters. The number of anilines is 1. The Balaban J connectivity index is 2.42. The van der Waals surface area contributed by atoms with Crippen molar-refractivity contribution in [1.82, 2.24) is 0 Å². The Morgan fingerprint density at radius 2 is 2.29 bits per heavy atom. The van der Waals surface area contributed by atoms with Gasteiger partial charge in [0.05, 0.1) is 30.5 Å². The molecule has 0 amide bonds. The van der Waals surface area contributed by atoms with E-state index in [9.17, 15) is 15.2 Å². The topological polar surface area (TPSA) is 73.6 Å². The molecule has 0 bridgehead atoms. The molecule has 1 aliphatic heterocycles. The van der Waals surface area contributed by atoms with Gasteiger partial charge in [0.1, 0.15) is 12.0 Å². The highest BCUT2D eigenvalue weighted by Gasteiger charge is 2.38. The highest BCUT2D eigenvalue weighted by molar-refractivity contribution is 5.73. The third kappa shape index (κ3) is 3.17. The van der Waals surface area contributed by atoms with Gasteiger partial charge in [-0.2, -0.15) is 5.26 Å². The minimum absolute atomic E-state index is 0.226. The summed E-state index contributed by atoms with van der Waals surface area (Å²) in [5, 5.41) is 18.7. The second-order valence-corrected chi connectivity index (χ2v) is 5.38. The van der Waals surface area contributed by atoms with E-state index in [1.54, 1.807) is 6.07 Å². The van der Waals surface area contributed by atoms with Crippen molar-refractivity contribution in [1.29, 1.82) is 5.26 Å². The minimum Gasteiger partial charge on any atom is -0.481 e. The van der Waals surface area contributed by atoms with Gasteiger partial charge in [0, 0.05) is 6.54 Å². The molecule has 1 aromatic carbocycles. The number of ether oxygens (including phenoxy) is 1. The lowest BCUT2D eigenvalue weighted by Gasteiger charge is -2.33. The summed E-state index contributed by atoms with van der Waals surface area (Å²) in [5.41, 5.74) is 2.43. The van der Waals surface area contributed by atoms with Crippen molar-refractivity contribution in [3.05, 3.63) is 29.3 Å². The van der Waals surface area contributed by atoms with E-state index in [0.29, 0.717) is 18.7 Å². The van der Waals surface area contributed by atoms with Crippen molar-refractivity contribution in [3.8, 4) is 6.07 Å². The average Bonchev–Trinajstić information content (AvgIpc) is 2.94. The van der Waals surface area contributed by atoms with Crippen molar-refractivity contribution in [3.63, 3.8) is 0 Å². The molecule has 1 aliphatic rings. The number of carbonyl (C=O) groups is 1. The van der Waals surface area contributed by atoms with E-state index in [-0.39, 0.29) is 12.6 Å². The number of carboxylic acid groups (broad SMARTS) is 1. The van der Waals surface area contributed by atoms with Crippen molar-refractivity contribution in [2.45, 2.75) is 26.3 Å². The number of nitriles is 1. The highest BCUT2D eigenvalue weighted by Crippen LogP contribution is 2.29. The largest absolute Gasteiger partial charge is 0.481 e. The van der Waals surface area contributed by atoms with Crippen molar-refractivity contribution in [2.75, 3.05) is 24.7 Å². The standard InChI is InChI=1S/C16H20N2O3/c1-3-6-18(15-10-21-9-13(15)16(19)20)14-7-11(2)4-5-12(14)8-17/h4-5,7,13,15H,3,6,9-10H2,1-2H3,(H,19,20). The average molecular weight is 288 g/mol. The Kier molecular flexibility index (Phi) is 4.81. The zero-order chi connectivity index (χ0) is 15.4. The normalized spacial score (nSPS) is 21.0. The van der Waals surface area contributed by atoms with Crippen molar-refractivity contribution < 1.29 is 14.6 Å². The molecule has 21 heavy (non-hydrogen) atoms. The molecule has 5 heteroatoms. The lowest BCUT2D eigenvalue weighted by atomic mass is 9.99. The molecule has 1 aromatic rings. The summed E-state index contributed by atoms with van der Waals surface area (Å²) >= 11 is 0. The summed E-state index contributed by atoms with van der Waals surface area (Å²) in [6, 6.07) is 7.61. The first-order valence-corrected chi connectivity index (χ1v) is 7.16. The van der Waals surface area contributed by atoms with Gasteiger partial charge >= 0.3 is 5.97 Å². The Bertz CT molecular complexity index is 565. The van der Waals surface area contributed by atoms with Crippen molar-refractivity contribution in [2.24, 2.45) is 5.92 Å². The lowest BCUT2D eigenvalue weighted by molar-refractivity contribution is -0.141. The van der Waals surface area contributed by atoms with Gasteiger partial charge in [-0.3, -0.25) is 4.79 Å². The fourth-order valence-electron chi connectivity index (χ4n) is 2.77. The highest BCUT2D eigenvalue weighted by atomic mass is 16.5. The van der Waals surface area contributed by atoms with E-state index in [1.807, 2.05) is 30.9 Å². The number of nitrogens with zero attached hydrogens (tertiary/aromatic N) is 2. The van der Waals surface area contributed by atoms with Crippen LogP contribution in [0.1, 0.15) is 24.5 Å². The van der Waals surface area contributed by atoms with Crippen LogP contribution in [0.4, 0.5) is 5.69 Å². The zero-order valence-corrected chi connectivity index (χ0v) is 12.4. The molecule has 5 nitrogen and oxygen atoms in total. The van der Waals surface area contributed by atoms with Gasteiger partial charge in [-0.05, 0) is 31.0 Å². The second-order valence-electron chi connectivity index (χ2n) is 5.38. The summed E-state index contributed by atoms with van der Waals surface area (Å²) in [6.45, 7) is 5.33. The molecule has 1 N–H and O–H groups in total. The maximum absolute atomic E-state index is 11.4. The van der Waals surface area contributed by atoms with Crippen LogP contribution in [-0.2, 0) is 9.53 Å². The Morgan fingerprint density at radius 1 is 1.52 bits per heavy atom. The van der Waals surface area contributed by atoms with Crippen LogP contribution in [0.2, 0.25) is 0 Å². The summed E-state index contributed by atoms with van der Waals surface area (Å²) in [6.07, 6.45) is 0.877. The van der Waals surface area contributed by atoms with E-state index in [2.05, 4.69) is 6.07 Å². The quantitative estimate of drug-likeness (QED) is 0.899. The molecule has 2 rings (SSSR count). The third-order valence-corrected chi connectivity index (χ3v) is 3.82. The van der Waals surface area contributed by atoms with Crippen molar-refractivity contribution >= 4 is 11.7 Å². The Labute approximate surface area is 124 Å². The molecule has 0 aliphatic carbocycles. The summed E-state index contributed by atoms with van der Waals surface area (Å²) in [7, 11) is 0. The number of carboxylic acids is 1. The summed E-state index contributed by atoms with van der Waals surface area (Å²) < 4.78 is 5.38. The first-order chi connectivity index (χ1) is 10.1. The van der Waals surface area contributed by atoms with E-state index in [4.69, 9.17) is 4.74 Å². The second kappa shape index (κ2) is 6.59. The van der Waals surface area contributed by atoms with Gasteiger partial charge in [0.25, 0.3) is 0 Å². The fourth-order valence-corrected chi connectivity index (χ4v) is 2.77. The predicted octanol–water partition coefficient (Wildman–Crippen LogP) is 2.18. The maximum Gasteiger partial charge on any atom is 0.311 e. The molecule has 0 spiro atoms. The van der Waals surface area contributed by atoms with E-state index >= 15 is 0 Å². The van der Waals surface area contributed by atoms with Crippen LogP contribution in [0, 0.1) is 24.2 Å². The molecular formula is C16H20N2O3. The zero-order valence-electron chi connectivity index (χ0n) is 12.4. The number of rotatable bonds is 5. The SMILES string of the molecule is CCCN(c1cc(C)ccc1C#N)C1COCC1C(=O)O. The van der Waals surface area contributed by atoms with Gasteiger partial charge in [-0.1, -0.05) is 13.0 Å². The molecule has 0 aromatic heterocycles. The van der Waals surface area contributed by atoms with Gasteiger partial charge in [0.15, 0.2) is 0 Å². The van der Waals surface area contributed by atoms with Gasteiger partial charge in [-0.15, -0.1) is 0 Å². The van der Waals surface area contributed by atoms with Crippen LogP contribution in [-0.4, -0.2) is 36.9 Å².